The van der Waals surface area contributed by atoms with Crippen molar-refractivity contribution in [2.45, 2.75) is 25.9 Å². The molecule has 1 aliphatic rings. The second-order valence-corrected chi connectivity index (χ2v) is 9.55. The van der Waals surface area contributed by atoms with Crippen molar-refractivity contribution < 1.29 is 19.0 Å². The molecule has 4 aromatic rings. The molecule has 0 bridgehead atoms. The molecule has 6 heteroatoms. The fourth-order valence-corrected chi connectivity index (χ4v) is 4.99. The number of nitrogens with zero attached hydrogens (tertiary/aromatic N) is 2. The van der Waals surface area contributed by atoms with Crippen LogP contribution in [0.1, 0.15) is 22.3 Å². The second-order valence-electron chi connectivity index (χ2n) is 9.55. The van der Waals surface area contributed by atoms with Crippen molar-refractivity contribution in [3.63, 3.8) is 0 Å². The predicted octanol–water partition coefficient (Wildman–Crippen LogP) is 5.86. The lowest BCUT2D eigenvalue weighted by Crippen LogP contribution is -2.23. The largest absolute Gasteiger partial charge is 0.497 e. The van der Waals surface area contributed by atoms with Crippen LogP contribution in [0.2, 0.25) is 0 Å². The number of methoxy groups -OCH3 is 3. The number of benzene rings is 3. The number of carbonyl (C=O) groups excluding carboxylic acids is 1. The first kappa shape index (κ1) is 25.3. The van der Waals surface area contributed by atoms with Gasteiger partial charge in [-0.15, -0.1) is 0 Å². The summed E-state index contributed by atoms with van der Waals surface area (Å²) in [6.45, 7) is 1.38. The van der Waals surface area contributed by atoms with Gasteiger partial charge in [0.2, 0.25) is 0 Å². The van der Waals surface area contributed by atoms with Crippen LogP contribution in [0, 0.1) is 5.92 Å². The maximum atomic E-state index is 12.1. The molecule has 0 saturated carbocycles. The van der Waals surface area contributed by atoms with E-state index < -0.39 is 0 Å². The Bertz CT molecular complexity index is 1350. The zero-order valence-corrected chi connectivity index (χ0v) is 22.0. The van der Waals surface area contributed by atoms with E-state index in [1.807, 2.05) is 30.3 Å². The molecule has 0 radical (unpaired) electrons. The molecule has 1 atom stereocenters. The van der Waals surface area contributed by atoms with E-state index >= 15 is 0 Å². The van der Waals surface area contributed by atoms with Crippen LogP contribution < -0.4 is 14.4 Å². The topological polar surface area (TPSA) is 60.9 Å². The van der Waals surface area contributed by atoms with Crippen molar-refractivity contribution in [2.75, 3.05) is 26.2 Å². The fraction of sp³-hybridized carbons (Fsp3) is 0.250. The van der Waals surface area contributed by atoms with Crippen molar-refractivity contribution >= 4 is 11.8 Å². The quantitative estimate of drug-likeness (QED) is 0.264. The van der Waals surface area contributed by atoms with E-state index in [2.05, 4.69) is 59.5 Å². The molecule has 3 aromatic carbocycles. The van der Waals surface area contributed by atoms with E-state index in [4.69, 9.17) is 19.2 Å². The molecule has 194 valence electrons. The van der Waals surface area contributed by atoms with Crippen LogP contribution in [0.5, 0.6) is 11.5 Å². The number of aromatic nitrogens is 1. The highest BCUT2D eigenvalue weighted by Gasteiger charge is 2.28. The number of anilines is 1. The van der Waals surface area contributed by atoms with Gasteiger partial charge in [-0.25, -0.2) is 4.98 Å². The van der Waals surface area contributed by atoms with Gasteiger partial charge in [-0.2, -0.15) is 0 Å². The number of fused-ring (bicyclic) bond motifs is 1. The van der Waals surface area contributed by atoms with E-state index in [1.54, 1.807) is 14.2 Å². The van der Waals surface area contributed by atoms with E-state index in [1.165, 1.54) is 18.2 Å². The Balaban J connectivity index is 1.43. The Kier molecular flexibility index (Phi) is 7.59. The molecular weight excluding hydrogens is 476 g/mol. The lowest BCUT2D eigenvalue weighted by Gasteiger charge is -2.25. The first-order valence-electron chi connectivity index (χ1n) is 12.7. The summed E-state index contributed by atoms with van der Waals surface area (Å²) in [6, 6.07) is 28.8. The van der Waals surface area contributed by atoms with Gasteiger partial charge in [-0.1, -0.05) is 42.5 Å². The normalized spacial score (nSPS) is 14.0. The summed E-state index contributed by atoms with van der Waals surface area (Å²) in [5.41, 5.74) is 6.68. The fourth-order valence-electron chi connectivity index (χ4n) is 4.99. The maximum absolute atomic E-state index is 12.1. The van der Waals surface area contributed by atoms with Crippen molar-refractivity contribution in [1.29, 1.82) is 0 Å². The molecule has 38 heavy (non-hydrogen) atoms. The highest BCUT2D eigenvalue weighted by atomic mass is 16.5. The Morgan fingerprint density at radius 3 is 1.97 bits per heavy atom. The molecule has 1 unspecified atom stereocenters. The van der Waals surface area contributed by atoms with Crippen LogP contribution in [-0.2, 0) is 35.5 Å². The highest BCUT2D eigenvalue weighted by molar-refractivity contribution is 5.75. The van der Waals surface area contributed by atoms with Gasteiger partial charge in [-0.3, -0.25) is 4.79 Å². The Hall–Kier alpha value is -4.32. The van der Waals surface area contributed by atoms with Gasteiger partial charge < -0.3 is 19.1 Å². The summed E-state index contributed by atoms with van der Waals surface area (Å²) in [7, 11) is 4.81. The van der Waals surface area contributed by atoms with Crippen molar-refractivity contribution in [1.82, 2.24) is 4.98 Å². The zero-order valence-electron chi connectivity index (χ0n) is 22.0. The smallest absolute Gasteiger partial charge is 0.309 e. The SMILES string of the molecule is COC(=O)C1Cc2ccc(-c3cccc(N(Cc4ccc(OC)cc4)Cc4ccc(OC)cc4)n3)cc2C1. The van der Waals surface area contributed by atoms with E-state index in [-0.39, 0.29) is 11.9 Å². The Morgan fingerprint density at radius 2 is 1.39 bits per heavy atom. The second kappa shape index (κ2) is 11.4. The lowest BCUT2D eigenvalue weighted by molar-refractivity contribution is -0.145. The van der Waals surface area contributed by atoms with E-state index in [9.17, 15) is 4.79 Å². The molecule has 6 nitrogen and oxygen atoms in total. The van der Waals surface area contributed by atoms with E-state index in [0.717, 1.165) is 46.1 Å². The summed E-state index contributed by atoms with van der Waals surface area (Å²) in [6.07, 6.45) is 1.43. The first-order chi connectivity index (χ1) is 18.6. The van der Waals surface area contributed by atoms with Crippen LogP contribution in [0.3, 0.4) is 0 Å². The molecule has 0 saturated heterocycles. The summed E-state index contributed by atoms with van der Waals surface area (Å²) < 4.78 is 15.6. The monoisotopic (exact) mass is 508 g/mol. The molecular formula is C32H32N2O4. The van der Waals surface area contributed by atoms with Crippen LogP contribution in [0.15, 0.2) is 84.9 Å². The first-order valence-corrected chi connectivity index (χ1v) is 12.7. The summed E-state index contributed by atoms with van der Waals surface area (Å²) in [5.74, 6) is 2.31. The maximum Gasteiger partial charge on any atom is 0.309 e. The van der Waals surface area contributed by atoms with Crippen LogP contribution in [0.25, 0.3) is 11.3 Å². The zero-order chi connectivity index (χ0) is 26.5. The predicted molar refractivity (Wildman–Crippen MR) is 148 cm³/mol. The van der Waals surface area contributed by atoms with Crippen LogP contribution in [0.4, 0.5) is 5.82 Å². The number of rotatable bonds is 9. The molecule has 1 heterocycles. The standard InChI is InChI=1S/C32H32N2O4/c1-36-28-13-7-22(8-14-28)20-34(21-23-9-15-29(37-2)16-10-23)31-6-4-5-30(33-31)25-12-11-24-17-27(32(35)38-3)19-26(24)18-25/h4-16,18,27H,17,19-21H2,1-3H3. The summed E-state index contributed by atoms with van der Waals surface area (Å²) >= 11 is 0. The van der Waals surface area contributed by atoms with E-state index in [0.29, 0.717) is 19.5 Å². The minimum Gasteiger partial charge on any atom is -0.497 e. The third-order valence-corrected chi connectivity index (χ3v) is 7.09. The van der Waals surface area contributed by atoms with Gasteiger partial charge >= 0.3 is 5.97 Å². The molecule has 1 aromatic heterocycles. The summed E-state index contributed by atoms with van der Waals surface area (Å²) in [5, 5.41) is 0. The number of hydrogen-bond acceptors (Lipinski definition) is 6. The van der Waals surface area contributed by atoms with Gasteiger partial charge in [0.05, 0.1) is 32.9 Å². The highest BCUT2D eigenvalue weighted by Crippen LogP contribution is 2.32. The molecule has 0 fully saturated rings. The van der Waals surface area contributed by atoms with Crippen molar-refractivity contribution in [3.05, 3.63) is 107 Å². The van der Waals surface area contributed by atoms with Crippen LogP contribution in [-0.4, -0.2) is 32.3 Å². The minimum absolute atomic E-state index is 0.103. The van der Waals surface area contributed by atoms with Gasteiger partial charge in [0.25, 0.3) is 0 Å². The number of esters is 1. The van der Waals surface area contributed by atoms with Gasteiger partial charge in [0, 0.05) is 18.7 Å². The third kappa shape index (κ3) is 5.65. The summed E-state index contributed by atoms with van der Waals surface area (Å²) in [4.78, 5) is 19.4. The minimum atomic E-state index is -0.143. The number of carbonyl (C=O) groups is 1. The number of pyridine rings is 1. The number of ether oxygens (including phenoxy) is 3. The number of hydrogen-bond donors (Lipinski definition) is 0. The van der Waals surface area contributed by atoms with Crippen LogP contribution >= 0.6 is 0 Å². The van der Waals surface area contributed by atoms with Crippen molar-refractivity contribution in [3.8, 4) is 22.8 Å². The average Bonchev–Trinajstić information content (AvgIpc) is 3.41. The lowest BCUT2D eigenvalue weighted by atomic mass is 10.0. The van der Waals surface area contributed by atoms with Gasteiger partial charge in [0.15, 0.2) is 0 Å². The van der Waals surface area contributed by atoms with Gasteiger partial charge in [0.1, 0.15) is 17.3 Å². The molecule has 5 rings (SSSR count). The Morgan fingerprint density at radius 1 is 0.789 bits per heavy atom. The molecule has 0 amide bonds. The van der Waals surface area contributed by atoms with Crippen molar-refractivity contribution in [2.24, 2.45) is 5.92 Å². The third-order valence-electron chi connectivity index (χ3n) is 7.09. The van der Waals surface area contributed by atoms with Gasteiger partial charge in [-0.05, 0) is 77.6 Å². The molecule has 1 aliphatic carbocycles. The molecule has 0 spiro atoms. The molecule has 0 aliphatic heterocycles. The Labute approximate surface area is 223 Å². The average molecular weight is 509 g/mol. The molecule has 0 N–H and O–H groups in total.